The first kappa shape index (κ1) is 17.0. The zero-order chi connectivity index (χ0) is 16.7. The minimum Gasteiger partial charge on any atom is -0.356 e. The molecule has 6 nitrogen and oxygen atoms in total. The molecule has 1 aromatic rings. The van der Waals surface area contributed by atoms with Crippen molar-refractivity contribution >= 4 is 23.4 Å². The van der Waals surface area contributed by atoms with Crippen LogP contribution in [-0.4, -0.2) is 30.3 Å². The average molecular weight is 317 g/mol. The van der Waals surface area contributed by atoms with Gasteiger partial charge in [-0.15, -0.1) is 0 Å². The number of rotatable bonds is 7. The molecule has 1 aliphatic rings. The Morgan fingerprint density at radius 1 is 1.22 bits per heavy atom. The van der Waals surface area contributed by atoms with Gasteiger partial charge in [0.15, 0.2) is 0 Å². The van der Waals surface area contributed by atoms with E-state index in [1.807, 2.05) is 0 Å². The highest BCUT2D eigenvalue weighted by Gasteiger charge is 2.27. The highest BCUT2D eigenvalue weighted by atomic mass is 16.2. The van der Waals surface area contributed by atoms with Crippen LogP contribution in [0.2, 0.25) is 0 Å². The molecule has 6 heteroatoms. The van der Waals surface area contributed by atoms with E-state index >= 15 is 0 Å². The van der Waals surface area contributed by atoms with Crippen molar-refractivity contribution in [2.24, 2.45) is 0 Å². The van der Waals surface area contributed by atoms with Gasteiger partial charge in [-0.2, -0.15) is 0 Å². The van der Waals surface area contributed by atoms with Crippen molar-refractivity contribution < 1.29 is 14.4 Å². The van der Waals surface area contributed by atoms with Gasteiger partial charge >= 0.3 is 0 Å². The van der Waals surface area contributed by atoms with E-state index in [1.54, 1.807) is 24.3 Å². The lowest BCUT2D eigenvalue weighted by molar-refractivity contribution is -0.121. The van der Waals surface area contributed by atoms with Gasteiger partial charge in [0.05, 0.1) is 11.3 Å². The van der Waals surface area contributed by atoms with Crippen molar-refractivity contribution in [2.45, 2.75) is 45.1 Å². The Kier molecular flexibility index (Phi) is 6.14. The molecule has 1 atom stereocenters. The monoisotopic (exact) mass is 317 g/mol. The fraction of sp³-hybridized carbons (Fsp3) is 0.471. The first-order valence-electron chi connectivity index (χ1n) is 8.09. The fourth-order valence-corrected chi connectivity index (χ4v) is 2.48. The van der Waals surface area contributed by atoms with Gasteiger partial charge in [0.1, 0.15) is 6.04 Å². The van der Waals surface area contributed by atoms with Gasteiger partial charge in [-0.05, 0) is 25.0 Å². The SMILES string of the molecule is CCCCCNC(=O)CCC1NC(=O)c2ccccc2NC1=O. The Morgan fingerprint density at radius 3 is 2.78 bits per heavy atom. The minimum atomic E-state index is -0.698. The summed E-state index contributed by atoms with van der Waals surface area (Å²) >= 11 is 0. The van der Waals surface area contributed by atoms with Gasteiger partial charge in [-0.3, -0.25) is 14.4 Å². The van der Waals surface area contributed by atoms with Crippen molar-refractivity contribution in [2.75, 3.05) is 11.9 Å². The first-order valence-corrected chi connectivity index (χ1v) is 8.09. The zero-order valence-corrected chi connectivity index (χ0v) is 13.4. The molecular formula is C17H23N3O3. The molecule has 1 unspecified atom stereocenters. The van der Waals surface area contributed by atoms with Crippen LogP contribution >= 0.6 is 0 Å². The molecule has 1 aromatic carbocycles. The molecule has 0 fully saturated rings. The molecule has 0 saturated heterocycles. The minimum absolute atomic E-state index is 0.0927. The van der Waals surface area contributed by atoms with E-state index in [0.717, 1.165) is 19.3 Å². The second-order valence-corrected chi connectivity index (χ2v) is 5.66. The standard InChI is InChI=1S/C17H23N3O3/c1-2-3-6-11-18-15(21)10-9-14-17(23)19-13-8-5-4-7-12(13)16(22)20-14/h4-5,7-8,14H,2-3,6,9-11H2,1H3,(H,18,21)(H,19,23)(H,20,22). The van der Waals surface area contributed by atoms with Crippen LogP contribution in [-0.2, 0) is 9.59 Å². The van der Waals surface area contributed by atoms with E-state index in [-0.39, 0.29) is 30.6 Å². The molecule has 0 bridgehead atoms. The van der Waals surface area contributed by atoms with Crippen LogP contribution in [0.3, 0.4) is 0 Å². The molecule has 2 rings (SSSR count). The van der Waals surface area contributed by atoms with Gasteiger partial charge in [0.2, 0.25) is 11.8 Å². The number of carbonyl (C=O) groups excluding carboxylic acids is 3. The number of carbonyl (C=O) groups is 3. The van der Waals surface area contributed by atoms with Crippen molar-refractivity contribution in [3.8, 4) is 0 Å². The normalized spacial score (nSPS) is 16.8. The molecule has 1 heterocycles. The molecule has 3 amide bonds. The van der Waals surface area contributed by atoms with Crippen LogP contribution < -0.4 is 16.0 Å². The topological polar surface area (TPSA) is 87.3 Å². The molecule has 0 spiro atoms. The number of anilines is 1. The summed E-state index contributed by atoms with van der Waals surface area (Å²) in [4.78, 5) is 36.1. The second-order valence-electron chi connectivity index (χ2n) is 5.66. The number of unbranched alkanes of at least 4 members (excludes halogenated alkanes) is 2. The van der Waals surface area contributed by atoms with Crippen molar-refractivity contribution in [3.63, 3.8) is 0 Å². The molecule has 0 saturated carbocycles. The highest BCUT2D eigenvalue weighted by Crippen LogP contribution is 2.19. The number of para-hydroxylation sites is 1. The predicted molar refractivity (Wildman–Crippen MR) is 88.1 cm³/mol. The lowest BCUT2D eigenvalue weighted by Gasteiger charge is -2.14. The number of fused-ring (bicyclic) bond motifs is 1. The van der Waals surface area contributed by atoms with E-state index in [4.69, 9.17) is 0 Å². The van der Waals surface area contributed by atoms with E-state index in [2.05, 4.69) is 22.9 Å². The van der Waals surface area contributed by atoms with Crippen molar-refractivity contribution in [1.82, 2.24) is 10.6 Å². The van der Waals surface area contributed by atoms with Crippen LogP contribution in [0.25, 0.3) is 0 Å². The van der Waals surface area contributed by atoms with E-state index < -0.39 is 6.04 Å². The maximum atomic E-state index is 12.2. The first-order chi connectivity index (χ1) is 11.1. The molecule has 0 aromatic heterocycles. The summed E-state index contributed by atoms with van der Waals surface area (Å²) in [6, 6.07) is 6.16. The molecule has 23 heavy (non-hydrogen) atoms. The summed E-state index contributed by atoms with van der Waals surface area (Å²) in [6.07, 6.45) is 3.63. The van der Waals surface area contributed by atoms with E-state index in [1.165, 1.54) is 0 Å². The van der Waals surface area contributed by atoms with Crippen LogP contribution in [0.5, 0.6) is 0 Å². The number of nitrogens with one attached hydrogen (secondary N) is 3. The Bertz CT molecular complexity index is 586. The Labute approximate surface area is 136 Å². The summed E-state index contributed by atoms with van der Waals surface area (Å²) in [7, 11) is 0. The van der Waals surface area contributed by atoms with Crippen LogP contribution in [0.15, 0.2) is 24.3 Å². The number of hydrogen-bond acceptors (Lipinski definition) is 3. The Hall–Kier alpha value is -2.37. The van der Waals surface area contributed by atoms with Gasteiger partial charge in [0.25, 0.3) is 5.91 Å². The van der Waals surface area contributed by atoms with E-state index in [9.17, 15) is 14.4 Å². The largest absolute Gasteiger partial charge is 0.356 e. The summed E-state index contributed by atoms with van der Waals surface area (Å²) < 4.78 is 0. The summed E-state index contributed by atoms with van der Waals surface area (Å²) in [5.74, 6) is -0.681. The number of amides is 3. The lowest BCUT2D eigenvalue weighted by atomic mass is 10.1. The maximum absolute atomic E-state index is 12.2. The third-order valence-electron chi connectivity index (χ3n) is 3.81. The molecule has 3 N–H and O–H groups in total. The van der Waals surface area contributed by atoms with Crippen LogP contribution in [0.4, 0.5) is 5.69 Å². The van der Waals surface area contributed by atoms with Crippen molar-refractivity contribution in [3.05, 3.63) is 29.8 Å². The molecule has 1 aliphatic heterocycles. The number of benzene rings is 1. The van der Waals surface area contributed by atoms with Crippen molar-refractivity contribution in [1.29, 1.82) is 0 Å². The molecule has 0 radical (unpaired) electrons. The van der Waals surface area contributed by atoms with Gasteiger partial charge in [-0.25, -0.2) is 0 Å². The molecule has 0 aliphatic carbocycles. The third-order valence-corrected chi connectivity index (χ3v) is 3.81. The summed E-state index contributed by atoms with van der Waals surface area (Å²) in [5.41, 5.74) is 0.939. The smallest absolute Gasteiger partial charge is 0.254 e. The van der Waals surface area contributed by atoms with Crippen LogP contribution in [0.1, 0.15) is 49.4 Å². The maximum Gasteiger partial charge on any atom is 0.254 e. The van der Waals surface area contributed by atoms with Gasteiger partial charge in [0, 0.05) is 13.0 Å². The number of hydrogen-bond donors (Lipinski definition) is 3. The van der Waals surface area contributed by atoms with Gasteiger partial charge < -0.3 is 16.0 Å². The lowest BCUT2D eigenvalue weighted by Crippen LogP contribution is -2.42. The average Bonchev–Trinajstić information content (AvgIpc) is 2.66. The fourth-order valence-electron chi connectivity index (χ4n) is 2.48. The summed E-state index contributed by atoms with van der Waals surface area (Å²) in [5, 5.41) is 8.25. The third kappa shape index (κ3) is 4.81. The van der Waals surface area contributed by atoms with Crippen LogP contribution in [0, 0.1) is 0 Å². The quantitative estimate of drug-likeness (QED) is 0.670. The molecule has 124 valence electrons. The Balaban J connectivity index is 1.86. The zero-order valence-electron chi connectivity index (χ0n) is 13.4. The Morgan fingerprint density at radius 2 is 2.00 bits per heavy atom. The van der Waals surface area contributed by atoms with Gasteiger partial charge in [-0.1, -0.05) is 31.9 Å². The highest BCUT2D eigenvalue weighted by molar-refractivity contribution is 6.09. The predicted octanol–water partition coefficient (Wildman–Crippen LogP) is 1.82. The molecular weight excluding hydrogens is 294 g/mol. The van der Waals surface area contributed by atoms with E-state index in [0.29, 0.717) is 17.8 Å². The second kappa shape index (κ2) is 8.31. The summed E-state index contributed by atoms with van der Waals surface area (Å²) in [6.45, 7) is 2.76.